The molecule has 3 heterocycles. The lowest BCUT2D eigenvalue weighted by molar-refractivity contribution is 0.0988. The summed E-state index contributed by atoms with van der Waals surface area (Å²) in [6, 6.07) is 16.3. The van der Waals surface area contributed by atoms with Crippen molar-refractivity contribution in [1.82, 2.24) is 9.29 Å². The quantitative estimate of drug-likeness (QED) is 0.648. The van der Waals surface area contributed by atoms with Crippen LogP contribution >= 0.6 is 0 Å². The molecule has 0 aliphatic carbocycles. The van der Waals surface area contributed by atoms with Crippen molar-refractivity contribution in [2.75, 3.05) is 24.5 Å². The van der Waals surface area contributed by atoms with Gasteiger partial charge in [0, 0.05) is 30.6 Å². The van der Waals surface area contributed by atoms with Crippen molar-refractivity contribution in [2.24, 2.45) is 0 Å². The number of aromatic nitrogens is 1. The highest BCUT2D eigenvalue weighted by Gasteiger charge is 2.29. The smallest absolute Gasteiger partial charge is 0.259 e. The maximum atomic E-state index is 13.1. The van der Waals surface area contributed by atoms with E-state index in [9.17, 15) is 13.2 Å². The van der Waals surface area contributed by atoms with Crippen molar-refractivity contribution < 1.29 is 13.2 Å². The molecule has 2 aromatic carbocycles. The first-order chi connectivity index (χ1) is 14.5. The number of hydrogen-bond acceptors (Lipinski definition) is 4. The number of hydrogen-bond donors (Lipinski definition) is 0. The Bertz CT molecular complexity index is 1220. The van der Waals surface area contributed by atoms with Gasteiger partial charge in [0.15, 0.2) is 0 Å². The zero-order chi connectivity index (χ0) is 20.7. The summed E-state index contributed by atoms with van der Waals surface area (Å²) in [7, 11) is -3.50. The standard InChI is InChI=1S/C23H23N3O3S/c27-23(26-15-12-19-16-18-6-2-3-7-21(18)24-22(19)26)17-8-10-20(11-9-17)30(28,29)25-13-4-1-5-14-25/h2-3,6-11,16H,1,4-5,12-15H2. The largest absolute Gasteiger partial charge is 0.292 e. The lowest BCUT2D eigenvalue weighted by atomic mass is 10.1. The molecule has 1 saturated heterocycles. The molecule has 7 heteroatoms. The topological polar surface area (TPSA) is 70.6 Å². The van der Waals surface area contributed by atoms with Crippen LogP contribution in [0, 0.1) is 0 Å². The number of rotatable bonds is 3. The van der Waals surface area contributed by atoms with Gasteiger partial charge in [0.1, 0.15) is 5.82 Å². The molecule has 0 radical (unpaired) electrons. The number of anilines is 1. The van der Waals surface area contributed by atoms with Crippen molar-refractivity contribution in [2.45, 2.75) is 30.6 Å². The second-order valence-corrected chi connectivity index (χ2v) is 9.80. The Balaban J connectivity index is 1.41. The molecule has 6 nitrogen and oxygen atoms in total. The third-order valence-electron chi connectivity index (χ3n) is 5.94. The minimum atomic E-state index is -3.50. The Morgan fingerprint density at radius 2 is 1.63 bits per heavy atom. The molecule has 0 spiro atoms. The molecule has 0 unspecified atom stereocenters. The monoisotopic (exact) mass is 421 g/mol. The van der Waals surface area contributed by atoms with Crippen molar-refractivity contribution >= 4 is 32.7 Å². The summed E-state index contributed by atoms with van der Waals surface area (Å²) >= 11 is 0. The molecular weight excluding hydrogens is 398 g/mol. The highest BCUT2D eigenvalue weighted by atomic mass is 32.2. The first-order valence-corrected chi connectivity index (χ1v) is 11.8. The molecule has 2 aliphatic heterocycles. The van der Waals surface area contributed by atoms with Crippen LogP contribution in [0.4, 0.5) is 5.82 Å². The van der Waals surface area contributed by atoms with Crippen molar-refractivity contribution in [1.29, 1.82) is 0 Å². The maximum Gasteiger partial charge on any atom is 0.259 e. The number of nitrogens with zero attached hydrogens (tertiary/aromatic N) is 3. The first kappa shape index (κ1) is 19.2. The number of para-hydroxylation sites is 1. The summed E-state index contributed by atoms with van der Waals surface area (Å²) in [5, 5.41) is 1.07. The van der Waals surface area contributed by atoms with Crippen LogP contribution in [-0.4, -0.2) is 43.2 Å². The Morgan fingerprint density at radius 3 is 2.40 bits per heavy atom. The van der Waals surface area contributed by atoms with E-state index in [1.807, 2.05) is 24.3 Å². The number of fused-ring (bicyclic) bond motifs is 2. The third-order valence-corrected chi connectivity index (χ3v) is 7.85. The van der Waals surface area contributed by atoms with E-state index < -0.39 is 10.0 Å². The molecule has 5 rings (SSSR count). The van der Waals surface area contributed by atoms with E-state index >= 15 is 0 Å². The number of pyridine rings is 1. The third kappa shape index (κ3) is 3.28. The predicted octanol–water partition coefficient (Wildman–Crippen LogP) is 3.61. The van der Waals surface area contributed by atoms with Gasteiger partial charge >= 0.3 is 0 Å². The minimum Gasteiger partial charge on any atom is -0.292 e. The summed E-state index contributed by atoms with van der Waals surface area (Å²) in [6.07, 6.45) is 3.62. The second kappa shape index (κ2) is 7.49. The fraction of sp³-hybridized carbons (Fsp3) is 0.304. The second-order valence-electron chi connectivity index (χ2n) is 7.86. The van der Waals surface area contributed by atoms with E-state index in [0.717, 1.165) is 42.1 Å². The molecule has 30 heavy (non-hydrogen) atoms. The van der Waals surface area contributed by atoms with E-state index in [1.54, 1.807) is 33.5 Å². The molecule has 2 aliphatic rings. The van der Waals surface area contributed by atoms with E-state index in [1.165, 1.54) is 0 Å². The molecular formula is C23H23N3O3S. The average Bonchev–Trinajstić information content (AvgIpc) is 3.20. The molecule has 0 bridgehead atoms. The Morgan fingerprint density at radius 1 is 0.900 bits per heavy atom. The van der Waals surface area contributed by atoms with Crippen LogP contribution in [0.2, 0.25) is 0 Å². The zero-order valence-electron chi connectivity index (χ0n) is 16.6. The van der Waals surface area contributed by atoms with E-state index in [4.69, 9.17) is 4.98 Å². The summed E-state index contributed by atoms with van der Waals surface area (Å²) in [5.41, 5.74) is 2.39. The highest BCUT2D eigenvalue weighted by molar-refractivity contribution is 7.89. The Hall–Kier alpha value is -2.77. The summed E-state index contributed by atoms with van der Waals surface area (Å²) in [6.45, 7) is 1.70. The lowest BCUT2D eigenvalue weighted by Crippen LogP contribution is -2.35. The van der Waals surface area contributed by atoms with Gasteiger partial charge in [0.05, 0.1) is 10.4 Å². The van der Waals surface area contributed by atoms with Crippen molar-refractivity contribution in [3.8, 4) is 0 Å². The van der Waals surface area contributed by atoms with Gasteiger partial charge in [0.2, 0.25) is 10.0 Å². The Labute approximate surface area is 176 Å². The van der Waals surface area contributed by atoms with Crippen LogP contribution in [0.25, 0.3) is 10.9 Å². The number of sulfonamides is 1. The maximum absolute atomic E-state index is 13.1. The molecule has 1 fully saturated rings. The van der Waals surface area contributed by atoms with Crippen LogP contribution in [0.3, 0.4) is 0 Å². The fourth-order valence-electron chi connectivity index (χ4n) is 4.28. The Kier molecular flexibility index (Phi) is 4.79. The van der Waals surface area contributed by atoms with Crippen LogP contribution < -0.4 is 4.90 Å². The summed E-state index contributed by atoms with van der Waals surface area (Å²) in [5.74, 6) is 0.544. The zero-order valence-corrected chi connectivity index (χ0v) is 17.4. The van der Waals surface area contributed by atoms with Crippen molar-refractivity contribution in [3.63, 3.8) is 0 Å². The van der Waals surface area contributed by atoms with E-state index in [-0.39, 0.29) is 10.8 Å². The van der Waals surface area contributed by atoms with Crippen LogP contribution in [0.15, 0.2) is 59.5 Å². The molecule has 0 saturated carbocycles. The van der Waals surface area contributed by atoms with Gasteiger partial charge in [-0.3, -0.25) is 9.69 Å². The predicted molar refractivity (Wildman–Crippen MR) is 116 cm³/mol. The van der Waals surface area contributed by atoms with Gasteiger partial charge < -0.3 is 0 Å². The number of amides is 1. The summed E-state index contributed by atoms with van der Waals surface area (Å²) < 4.78 is 27.2. The molecule has 3 aromatic rings. The van der Waals surface area contributed by atoms with E-state index in [0.29, 0.717) is 31.0 Å². The van der Waals surface area contributed by atoms with E-state index in [2.05, 4.69) is 6.07 Å². The molecule has 0 N–H and O–H groups in total. The van der Waals surface area contributed by atoms with Crippen LogP contribution in [-0.2, 0) is 16.4 Å². The molecule has 1 amide bonds. The average molecular weight is 422 g/mol. The van der Waals surface area contributed by atoms with Crippen molar-refractivity contribution in [3.05, 3.63) is 65.7 Å². The number of piperidine rings is 1. The fourth-order valence-corrected chi connectivity index (χ4v) is 5.80. The number of benzene rings is 2. The van der Waals surface area contributed by atoms with Gasteiger partial charge in [-0.15, -0.1) is 0 Å². The van der Waals surface area contributed by atoms with Gasteiger partial charge in [-0.25, -0.2) is 13.4 Å². The molecule has 154 valence electrons. The summed E-state index contributed by atoms with van der Waals surface area (Å²) in [4.78, 5) is 19.8. The SMILES string of the molecule is O=C(c1ccc(S(=O)(=O)N2CCCCC2)cc1)N1CCc2cc3ccccc3nc21. The van der Waals surface area contributed by atoms with Gasteiger partial charge in [-0.05, 0) is 61.2 Å². The lowest BCUT2D eigenvalue weighted by Gasteiger charge is -2.26. The van der Waals surface area contributed by atoms with Gasteiger partial charge in [-0.1, -0.05) is 24.6 Å². The van der Waals surface area contributed by atoms with Crippen LogP contribution in [0.5, 0.6) is 0 Å². The van der Waals surface area contributed by atoms with Gasteiger partial charge in [0.25, 0.3) is 5.91 Å². The number of carbonyl (C=O) groups is 1. The minimum absolute atomic E-state index is 0.154. The first-order valence-electron chi connectivity index (χ1n) is 10.3. The molecule has 1 aromatic heterocycles. The van der Waals surface area contributed by atoms with Gasteiger partial charge in [-0.2, -0.15) is 4.31 Å². The normalized spacial score (nSPS) is 17.3. The number of carbonyl (C=O) groups excluding carboxylic acids is 1. The highest BCUT2D eigenvalue weighted by Crippen LogP contribution is 2.31. The van der Waals surface area contributed by atoms with Crippen LogP contribution in [0.1, 0.15) is 35.2 Å². The molecule has 0 atom stereocenters.